The van der Waals surface area contributed by atoms with Gasteiger partial charge in [-0.3, -0.25) is 14.5 Å². The van der Waals surface area contributed by atoms with Crippen LogP contribution in [0.15, 0.2) is 6.07 Å². The first-order valence-corrected chi connectivity index (χ1v) is 10.9. The van der Waals surface area contributed by atoms with Crippen LogP contribution in [0.1, 0.15) is 25.1 Å². The van der Waals surface area contributed by atoms with E-state index in [9.17, 15) is 18.0 Å². The van der Waals surface area contributed by atoms with Crippen molar-refractivity contribution in [3.8, 4) is 5.88 Å². The Kier molecular flexibility index (Phi) is 6.14. The highest BCUT2D eigenvalue weighted by Crippen LogP contribution is 2.20. The second kappa shape index (κ2) is 8.39. The van der Waals surface area contributed by atoms with Crippen LogP contribution in [-0.2, 0) is 19.6 Å². The maximum atomic E-state index is 12.7. The minimum Gasteiger partial charge on any atom is -0.481 e. The SMILES string of the molecule is COc1cc(N2CCN(S(=O)(=O)CCN3C(=O)CCCC3=O)CC2)nc(C)n1. The number of hydrogen-bond acceptors (Lipinski definition) is 8. The molecule has 2 aliphatic rings. The van der Waals surface area contributed by atoms with Crippen molar-refractivity contribution < 1.29 is 22.7 Å². The third-order valence-electron chi connectivity index (χ3n) is 4.92. The summed E-state index contributed by atoms with van der Waals surface area (Å²) >= 11 is 0. The van der Waals surface area contributed by atoms with Crippen molar-refractivity contribution in [2.75, 3.05) is 50.5 Å². The molecule has 0 unspecified atom stereocenters. The average molecular weight is 411 g/mol. The van der Waals surface area contributed by atoms with E-state index in [0.717, 1.165) is 4.90 Å². The lowest BCUT2D eigenvalue weighted by Gasteiger charge is -2.35. The molecule has 2 amide bonds. The number of imide groups is 1. The van der Waals surface area contributed by atoms with E-state index in [1.165, 1.54) is 11.4 Å². The predicted octanol–water partition coefficient (Wildman–Crippen LogP) is -0.215. The number of nitrogens with zero attached hydrogens (tertiary/aromatic N) is 5. The molecule has 2 aliphatic heterocycles. The summed E-state index contributed by atoms with van der Waals surface area (Å²) in [7, 11) is -2.02. The molecule has 0 aliphatic carbocycles. The number of aromatic nitrogens is 2. The third kappa shape index (κ3) is 4.58. The maximum Gasteiger partial charge on any atom is 0.229 e. The number of piperazine rings is 1. The van der Waals surface area contributed by atoms with Gasteiger partial charge in [0.25, 0.3) is 0 Å². The van der Waals surface area contributed by atoms with Crippen molar-refractivity contribution in [2.45, 2.75) is 26.2 Å². The highest BCUT2D eigenvalue weighted by Gasteiger charge is 2.31. The zero-order valence-electron chi connectivity index (χ0n) is 16.1. The Morgan fingerprint density at radius 1 is 1.07 bits per heavy atom. The van der Waals surface area contributed by atoms with E-state index in [0.29, 0.717) is 63.0 Å². The van der Waals surface area contributed by atoms with Gasteiger partial charge in [0.05, 0.1) is 12.9 Å². The first-order valence-electron chi connectivity index (χ1n) is 9.26. The summed E-state index contributed by atoms with van der Waals surface area (Å²) in [5, 5.41) is 0. The van der Waals surface area contributed by atoms with Gasteiger partial charge in [-0.25, -0.2) is 13.4 Å². The lowest BCUT2D eigenvalue weighted by atomic mass is 10.1. The standard InChI is InChI=1S/C17H25N5O5S/c1-13-18-14(12-15(19-13)27-2)20-6-8-21(9-7-20)28(25,26)11-10-22-16(23)4-3-5-17(22)24/h12H,3-11H2,1-2H3. The molecular formula is C17H25N5O5S. The predicted molar refractivity (Wildman–Crippen MR) is 101 cm³/mol. The van der Waals surface area contributed by atoms with Crippen LogP contribution in [0, 0.1) is 6.92 Å². The summed E-state index contributed by atoms with van der Waals surface area (Å²) in [6.07, 6.45) is 1.13. The molecule has 3 heterocycles. The van der Waals surface area contributed by atoms with E-state index >= 15 is 0 Å². The highest BCUT2D eigenvalue weighted by atomic mass is 32.2. The van der Waals surface area contributed by atoms with Gasteiger partial charge in [-0.1, -0.05) is 0 Å². The monoisotopic (exact) mass is 411 g/mol. The molecule has 2 fully saturated rings. The molecule has 28 heavy (non-hydrogen) atoms. The molecule has 1 aromatic heterocycles. The summed E-state index contributed by atoms with van der Waals surface area (Å²) in [5.41, 5.74) is 0. The maximum absolute atomic E-state index is 12.7. The van der Waals surface area contributed by atoms with Crippen molar-refractivity contribution in [1.29, 1.82) is 0 Å². The molecule has 0 N–H and O–H groups in total. The van der Waals surface area contributed by atoms with Crippen LogP contribution >= 0.6 is 0 Å². The van der Waals surface area contributed by atoms with Crippen LogP contribution in [-0.4, -0.2) is 85.0 Å². The number of likely N-dealkylation sites (tertiary alicyclic amines) is 1. The molecular weight excluding hydrogens is 386 g/mol. The number of piperidine rings is 1. The summed E-state index contributed by atoms with van der Waals surface area (Å²) < 4.78 is 31.9. The second-order valence-electron chi connectivity index (χ2n) is 6.81. The molecule has 0 atom stereocenters. The van der Waals surface area contributed by atoms with E-state index in [1.807, 2.05) is 4.90 Å². The summed E-state index contributed by atoms with van der Waals surface area (Å²) in [6.45, 7) is 3.30. The quantitative estimate of drug-likeness (QED) is 0.591. The van der Waals surface area contributed by atoms with Gasteiger partial charge >= 0.3 is 0 Å². The number of methoxy groups -OCH3 is 1. The molecule has 10 nitrogen and oxygen atoms in total. The van der Waals surface area contributed by atoms with E-state index in [2.05, 4.69) is 9.97 Å². The van der Waals surface area contributed by atoms with Crippen LogP contribution in [0.25, 0.3) is 0 Å². The Bertz CT molecular complexity index is 835. The fraction of sp³-hybridized carbons (Fsp3) is 0.647. The minimum atomic E-state index is -3.55. The Morgan fingerprint density at radius 3 is 2.32 bits per heavy atom. The van der Waals surface area contributed by atoms with Gasteiger partial charge in [0.1, 0.15) is 11.6 Å². The zero-order chi connectivity index (χ0) is 20.3. The number of amides is 2. The van der Waals surface area contributed by atoms with Gasteiger partial charge in [0.2, 0.25) is 27.7 Å². The molecule has 2 saturated heterocycles. The molecule has 0 saturated carbocycles. The molecule has 11 heteroatoms. The van der Waals surface area contributed by atoms with Gasteiger partial charge in [-0.15, -0.1) is 0 Å². The highest BCUT2D eigenvalue weighted by molar-refractivity contribution is 7.89. The van der Waals surface area contributed by atoms with Gasteiger partial charge < -0.3 is 9.64 Å². The van der Waals surface area contributed by atoms with E-state index in [4.69, 9.17) is 4.74 Å². The molecule has 0 radical (unpaired) electrons. The minimum absolute atomic E-state index is 0.0808. The third-order valence-corrected chi connectivity index (χ3v) is 6.77. The first kappa shape index (κ1) is 20.5. The van der Waals surface area contributed by atoms with E-state index in [-0.39, 0.29) is 24.1 Å². The number of hydrogen-bond donors (Lipinski definition) is 0. The van der Waals surface area contributed by atoms with Crippen molar-refractivity contribution in [3.63, 3.8) is 0 Å². The largest absolute Gasteiger partial charge is 0.481 e. The van der Waals surface area contributed by atoms with Crippen molar-refractivity contribution in [3.05, 3.63) is 11.9 Å². The van der Waals surface area contributed by atoms with E-state index < -0.39 is 10.0 Å². The molecule has 154 valence electrons. The lowest BCUT2D eigenvalue weighted by molar-refractivity contribution is -0.147. The van der Waals surface area contributed by atoms with Gasteiger partial charge in [0.15, 0.2) is 0 Å². The van der Waals surface area contributed by atoms with Gasteiger partial charge in [0, 0.05) is 51.6 Å². The zero-order valence-corrected chi connectivity index (χ0v) is 16.9. The first-order chi connectivity index (χ1) is 13.3. The van der Waals surface area contributed by atoms with Crippen molar-refractivity contribution >= 4 is 27.7 Å². The molecule has 0 bridgehead atoms. The topological polar surface area (TPSA) is 113 Å². The number of rotatable bonds is 6. The van der Waals surface area contributed by atoms with Gasteiger partial charge in [-0.05, 0) is 13.3 Å². The number of anilines is 1. The average Bonchev–Trinajstić information content (AvgIpc) is 2.67. The fourth-order valence-electron chi connectivity index (χ4n) is 3.37. The van der Waals surface area contributed by atoms with E-state index in [1.54, 1.807) is 13.0 Å². The molecule has 0 spiro atoms. The fourth-order valence-corrected chi connectivity index (χ4v) is 4.76. The smallest absolute Gasteiger partial charge is 0.229 e. The summed E-state index contributed by atoms with van der Waals surface area (Å²) in [5.74, 6) is 0.929. The molecule has 3 rings (SSSR count). The normalized spacial score (nSPS) is 19.2. The molecule has 0 aromatic carbocycles. The number of carbonyl (C=O) groups is 2. The summed E-state index contributed by atoms with van der Waals surface area (Å²) in [4.78, 5) is 35.3. The van der Waals surface area contributed by atoms with Crippen LogP contribution in [0.4, 0.5) is 5.82 Å². The number of sulfonamides is 1. The van der Waals surface area contributed by atoms with Crippen molar-refractivity contribution in [1.82, 2.24) is 19.2 Å². The second-order valence-corrected chi connectivity index (χ2v) is 8.90. The summed E-state index contributed by atoms with van der Waals surface area (Å²) in [6, 6.07) is 1.73. The Hall–Kier alpha value is -2.27. The van der Waals surface area contributed by atoms with Crippen LogP contribution in [0.3, 0.4) is 0 Å². The van der Waals surface area contributed by atoms with Crippen molar-refractivity contribution in [2.24, 2.45) is 0 Å². The molecule has 1 aromatic rings. The number of ether oxygens (including phenoxy) is 1. The Labute approximate surface area is 164 Å². The Morgan fingerprint density at radius 2 is 1.71 bits per heavy atom. The van der Waals surface area contributed by atoms with Gasteiger partial charge in [-0.2, -0.15) is 9.29 Å². The van der Waals surface area contributed by atoms with Crippen LogP contribution < -0.4 is 9.64 Å². The number of carbonyl (C=O) groups excluding carboxylic acids is 2. The number of aryl methyl sites for hydroxylation is 1. The lowest BCUT2D eigenvalue weighted by Crippen LogP contribution is -2.51. The van der Waals surface area contributed by atoms with Crippen LogP contribution in [0.5, 0.6) is 5.88 Å². The Balaban J connectivity index is 1.58. The van der Waals surface area contributed by atoms with Crippen LogP contribution in [0.2, 0.25) is 0 Å².